The van der Waals surface area contributed by atoms with Crippen LogP contribution < -0.4 is 10.2 Å². The number of halogens is 1. The minimum absolute atomic E-state index is 0.729. The molecule has 1 fully saturated rings. The average molecular weight is 282 g/mol. The van der Waals surface area contributed by atoms with Gasteiger partial charge >= 0.3 is 0 Å². The lowest BCUT2D eigenvalue weighted by molar-refractivity contribution is 0.373. The molecule has 0 amide bonds. The van der Waals surface area contributed by atoms with Gasteiger partial charge in [0.25, 0.3) is 0 Å². The van der Waals surface area contributed by atoms with Crippen molar-refractivity contribution in [3.63, 3.8) is 0 Å². The van der Waals surface area contributed by atoms with Crippen molar-refractivity contribution in [2.24, 2.45) is 11.8 Å². The molecule has 1 N–H and O–H groups in total. The number of nitrogens with zero attached hydrogens (tertiary/aromatic N) is 2. The molecule has 106 valence electrons. The van der Waals surface area contributed by atoms with E-state index in [1.165, 1.54) is 12.8 Å². The summed E-state index contributed by atoms with van der Waals surface area (Å²) < 4.78 is 0. The van der Waals surface area contributed by atoms with Crippen molar-refractivity contribution in [3.8, 4) is 0 Å². The van der Waals surface area contributed by atoms with E-state index >= 15 is 0 Å². The first-order valence-corrected chi connectivity index (χ1v) is 7.60. The van der Waals surface area contributed by atoms with E-state index in [2.05, 4.69) is 29.0 Å². The van der Waals surface area contributed by atoms with Gasteiger partial charge in [-0.15, -0.1) is 0 Å². The number of pyridine rings is 1. The Hall–Kier alpha value is -0.800. The summed E-state index contributed by atoms with van der Waals surface area (Å²) in [5.74, 6) is 2.46. The Kier molecular flexibility index (Phi) is 5.46. The van der Waals surface area contributed by atoms with Crippen LogP contribution in [0.25, 0.3) is 0 Å². The first kappa shape index (κ1) is 14.6. The van der Waals surface area contributed by atoms with Crippen LogP contribution in [0.4, 0.5) is 5.82 Å². The van der Waals surface area contributed by atoms with E-state index in [0.717, 1.165) is 48.9 Å². The monoisotopic (exact) mass is 281 g/mol. The van der Waals surface area contributed by atoms with Crippen LogP contribution in [0.2, 0.25) is 5.02 Å². The summed E-state index contributed by atoms with van der Waals surface area (Å²) in [5.41, 5.74) is 0. The first-order valence-electron chi connectivity index (χ1n) is 7.23. The van der Waals surface area contributed by atoms with Crippen LogP contribution in [0.3, 0.4) is 0 Å². The van der Waals surface area contributed by atoms with Crippen LogP contribution in [0.1, 0.15) is 26.7 Å². The van der Waals surface area contributed by atoms with Crippen LogP contribution in [0.15, 0.2) is 18.3 Å². The second-order valence-corrected chi connectivity index (χ2v) is 6.20. The van der Waals surface area contributed by atoms with Crippen molar-refractivity contribution >= 4 is 17.4 Å². The SMILES string of the molecule is CC(C)CNCC1CCN(c2ncccc2Cl)CC1. The van der Waals surface area contributed by atoms with Gasteiger partial charge in [-0.1, -0.05) is 25.4 Å². The maximum absolute atomic E-state index is 6.20. The van der Waals surface area contributed by atoms with E-state index in [0.29, 0.717) is 0 Å². The van der Waals surface area contributed by atoms with Gasteiger partial charge in [0.05, 0.1) is 5.02 Å². The standard InChI is InChI=1S/C15H24ClN3/c1-12(2)10-17-11-13-5-8-19(9-6-13)15-14(16)4-3-7-18-15/h3-4,7,12-13,17H,5-6,8-11H2,1-2H3. The number of nitrogens with one attached hydrogen (secondary N) is 1. The molecule has 1 aromatic rings. The summed E-state index contributed by atoms with van der Waals surface area (Å²) in [6.45, 7) is 8.88. The van der Waals surface area contributed by atoms with E-state index in [4.69, 9.17) is 11.6 Å². The van der Waals surface area contributed by atoms with Crippen molar-refractivity contribution in [2.45, 2.75) is 26.7 Å². The maximum atomic E-state index is 6.20. The fraction of sp³-hybridized carbons (Fsp3) is 0.667. The fourth-order valence-corrected chi connectivity index (χ4v) is 2.78. The molecule has 0 aromatic carbocycles. The third-order valence-corrected chi connectivity index (χ3v) is 3.93. The minimum Gasteiger partial charge on any atom is -0.355 e. The number of hydrogen-bond acceptors (Lipinski definition) is 3. The highest BCUT2D eigenvalue weighted by molar-refractivity contribution is 6.32. The van der Waals surface area contributed by atoms with E-state index in [1.807, 2.05) is 18.3 Å². The Morgan fingerprint density at radius 3 is 2.79 bits per heavy atom. The summed E-state index contributed by atoms with van der Waals surface area (Å²) in [4.78, 5) is 6.70. The molecule has 2 rings (SSSR count). The second-order valence-electron chi connectivity index (χ2n) is 5.79. The van der Waals surface area contributed by atoms with Gasteiger partial charge in [-0.2, -0.15) is 0 Å². The summed E-state index contributed by atoms with van der Waals surface area (Å²) >= 11 is 6.20. The van der Waals surface area contributed by atoms with Gasteiger partial charge in [-0.3, -0.25) is 0 Å². The maximum Gasteiger partial charge on any atom is 0.147 e. The normalized spacial score (nSPS) is 17.2. The molecule has 2 heterocycles. The van der Waals surface area contributed by atoms with Gasteiger partial charge in [-0.25, -0.2) is 4.98 Å². The molecule has 0 unspecified atom stereocenters. The third-order valence-electron chi connectivity index (χ3n) is 3.64. The molecule has 1 aromatic heterocycles. The van der Waals surface area contributed by atoms with Gasteiger partial charge in [0, 0.05) is 19.3 Å². The quantitative estimate of drug-likeness (QED) is 0.898. The molecule has 0 saturated carbocycles. The van der Waals surface area contributed by atoms with Crippen LogP contribution in [0, 0.1) is 11.8 Å². The van der Waals surface area contributed by atoms with Crippen molar-refractivity contribution < 1.29 is 0 Å². The molecule has 0 spiro atoms. The summed E-state index contributed by atoms with van der Waals surface area (Å²) in [6, 6.07) is 3.80. The summed E-state index contributed by atoms with van der Waals surface area (Å²) in [5, 5.41) is 4.32. The van der Waals surface area contributed by atoms with Crippen molar-refractivity contribution in [1.29, 1.82) is 0 Å². The number of anilines is 1. The first-order chi connectivity index (χ1) is 9.16. The molecule has 0 bridgehead atoms. The molecule has 3 nitrogen and oxygen atoms in total. The molecular formula is C15H24ClN3. The van der Waals surface area contributed by atoms with Crippen LogP contribution >= 0.6 is 11.6 Å². The molecular weight excluding hydrogens is 258 g/mol. The fourth-order valence-electron chi connectivity index (χ4n) is 2.54. The Labute approximate surface area is 121 Å². The van der Waals surface area contributed by atoms with Gasteiger partial charge in [0.1, 0.15) is 5.82 Å². The highest BCUT2D eigenvalue weighted by Gasteiger charge is 2.21. The Bertz CT molecular complexity index is 387. The molecule has 0 aliphatic carbocycles. The van der Waals surface area contributed by atoms with E-state index in [-0.39, 0.29) is 0 Å². The number of piperidine rings is 1. The van der Waals surface area contributed by atoms with E-state index in [9.17, 15) is 0 Å². The van der Waals surface area contributed by atoms with Crippen molar-refractivity contribution in [1.82, 2.24) is 10.3 Å². The van der Waals surface area contributed by atoms with E-state index < -0.39 is 0 Å². The molecule has 0 radical (unpaired) electrons. The largest absolute Gasteiger partial charge is 0.355 e. The molecule has 19 heavy (non-hydrogen) atoms. The molecule has 4 heteroatoms. The predicted octanol–water partition coefficient (Wildman–Crippen LogP) is 3.20. The Morgan fingerprint density at radius 2 is 2.16 bits per heavy atom. The lowest BCUT2D eigenvalue weighted by atomic mass is 9.96. The Morgan fingerprint density at radius 1 is 1.42 bits per heavy atom. The predicted molar refractivity (Wildman–Crippen MR) is 81.9 cm³/mol. The molecule has 1 aliphatic heterocycles. The van der Waals surface area contributed by atoms with Crippen LogP contribution in [0.5, 0.6) is 0 Å². The van der Waals surface area contributed by atoms with Crippen LogP contribution in [-0.2, 0) is 0 Å². The lowest BCUT2D eigenvalue weighted by Gasteiger charge is -2.33. The van der Waals surface area contributed by atoms with Gasteiger partial charge in [0.2, 0.25) is 0 Å². The topological polar surface area (TPSA) is 28.2 Å². The highest BCUT2D eigenvalue weighted by Crippen LogP contribution is 2.26. The molecule has 0 atom stereocenters. The second kappa shape index (κ2) is 7.11. The summed E-state index contributed by atoms with van der Waals surface area (Å²) in [7, 11) is 0. The minimum atomic E-state index is 0.729. The molecule has 1 saturated heterocycles. The average Bonchev–Trinajstić information content (AvgIpc) is 2.40. The van der Waals surface area contributed by atoms with Gasteiger partial charge in [0.15, 0.2) is 0 Å². The zero-order valence-electron chi connectivity index (χ0n) is 11.9. The van der Waals surface area contributed by atoms with Crippen LogP contribution in [-0.4, -0.2) is 31.2 Å². The summed E-state index contributed by atoms with van der Waals surface area (Å²) in [6.07, 6.45) is 4.26. The van der Waals surface area contributed by atoms with Crippen molar-refractivity contribution in [2.75, 3.05) is 31.1 Å². The van der Waals surface area contributed by atoms with Gasteiger partial charge < -0.3 is 10.2 Å². The van der Waals surface area contributed by atoms with Crippen molar-refractivity contribution in [3.05, 3.63) is 23.4 Å². The lowest BCUT2D eigenvalue weighted by Crippen LogP contribution is -2.38. The Balaban J connectivity index is 1.78. The number of hydrogen-bond donors (Lipinski definition) is 1. The zero-order valence-corrected chi connectivity index (χ0v) is 12.7. The highest BCUT2D eigenvalue weighted by atomic mass is 35.5. The van der Waals surface area contributed by atoms with E-state index in [1.54, 1.807) is 0 Å². The third kappa shape index (κ3) is 4.36. The van der Waals surface area contributed by atoms with Gasteiger partial charge in [-0.05, 0) is 49.9 Å². The number of aromatic nitrogens is 1. The number of rotatable bonds is 5. The molecule has 1 aliphatic rings. The zero-order chi connectivity index (χ0) is 13.7. The smallest absolute Gasteiger partial charge is 0.147 e.